The van der Waals surface area contributed by atoms with Crippen LogP contribution in [0.25, 0.3) is 0 Å². The molecule has 1 aliphatic rings. The number of hydrogen-bond donors (Lipinski definition) is 2. The molecule has 4 rings (SSSR count). The molecule has 1 fully saturated rings. The van der Waals surface area contributed by atoms with E-state index in [9.17, 15) is 13.2 Å². The number of primary amides is 1. The number of nitrogens with one attached hydrogen (secondary N) is 1. The minimum Gasteiger partial charge on any atom is -0.457 e. The Hall–Kier alpha value is -3.41. The lowest BCUT2D eigenvalue weighted by molar-refractivity contribution is 0.0968. The molecule has 2 aromatic carbocycles. The minimum atomic E-state index is -3.86. The van der Waals surface area contributed by atoms with Crippen LogP contribution >= 0.6 is 12.2 Å². The van der Waals surface area contributed by atoms with Gasteiger partial charge < -0.3 is 25.1 Å². The maximum Gasteiger partial charge on any atom is 0.284 e. The van der Waals surface area contributed by atoms with Crippen molar-refractivity contribution in [2.75, 3.05) is 31.5 Å². The van der Waals surface area contributed by atoms with E-state index in [2.05, 4.69) is 5.32 Å². The number of sulfonamides is 1. The summed E-state index contributed by atoms with van der Waals surface area (Å²) in [7, 11) is -3.86. The van der Waals surface area contributed by atoms with E-state index in [0.717, 1.165) is 11.4 Å². The highest BCUT2D eigenvalue weighted by Crippen LogP contribution is 2.23. The summed E-state index contributed by atoms with van der Waals surface area (Å²) in [6.45, 7) is 1.26. The first-order valence-electron chi connectivity index (χ1n) is 10.1. The summed E-state index contributed by atoms with van der Waals surface area (Å²) in [6, 6.07) is 19.4. The van der Waals surface area contributed by atoms with Crippen LogP contribution in [0, 0.1) is 0 Å². The Morgan fingerprint density at radius 3 is 2.18 bits per heavy atom. The highest BCUT2D eigenvalue weighted by Gasteiger charge is 2.32. The largest absolute Gasteiger partial charge is 0.457 e. The second kappa shape index (κ2) is 9.61. The molecule has 0 radical (unpaired) electrons. The molecule has 0 aliphatic carbocycles. The third-order valence-electron chi connectivity index (χ3n) is 5.03. The van der Waals surface area contributed by atoms with Crippen molar-refractivity contribution in [3.05, 3.63) is 72.5 Å². The van der Waals surface area contributed by atoms with Gasteiger partial charge in [0.1, 0.15) is 11.5 Å². The number of piperazine rings is 1. The Balaban J connectivity index is 1.31. The Morgan fingerprint density at radius 2 is 1.58 bits per heavy atom. The van der Waals surface area contributed by atoms with Gasteiger partial charge in [-0.15, -0.1) is 0 Å². The normalized spacial score (nSPS) is 14.6. The van der Waals surface area contributed by atoms with Crippen LogP contribution in [-0.4, -0.2) is 54.8 Å². The molecule has 172 valence electrons. The molecule has 0 spiro atoms. The number of nitrogens with zero attached hydrogens (tertiary/aromatic N) is 2. The van der Waals surface area contributed by atoms with Gasteiger partial charge in [0, 0.05) is 31.9 Å². The van der Waals surface area contributed by atoms with Crippen LogP contribution in [0.15, 0.2) is 76.2 Å². The Kier molecular flexibility index (Phi) is 6.63. The molecule has 9 nitrogen and oxygen atoms in total. The van der Waals surface area contributed by atoms with Crippen LogP contribution in [0.4, 0.5) is 5.69 Å². The van der Waals surface area contributed by atoms with E-state index >= 15 is 0 Å². The topological polar surface area (TPSA) is 118 Å². The van der Waals surface area contributed by atoms with Crippen LogP contribution in [0.5, 0.6) is 11.5 Å². The summed E-state index contributed by atoms with van der Waals surface area (Å²) in [6.07, 6.45) is 0. The molecule has 0 unspecified atom stereocenters. The van der Waals surface area contributed by atoms with Crippen molar-refractivity contribution in [1.29, 1.82) is 0 Å². The van der Waals surface area contributed by atoms with Crippen molar-refractivity contribution in [2.24, 2.45) is 5.73 Å². The van der Waals surface area contributed by atoms with Gasteiger partial charge in [-0.2, -0.15) is 4.31 Å². The summed E-state index contributed by atoms with van der Waals surface area (Å²) in [4.78, 5) is 13.1. The zero-order valence-electron chi connectivity index (χ0n) is 17.5. The van der Waals surface area contributed by atoms with Crippen molar-refractivity contribution < 1.29 is 22.4 Å². The van der Waals surface area contributed by atoms with Crippen LogP contribution in [0.3, 0.4) is 0 Å². The predicted octanol–water partition coefficient (Wildman–Crippen LogP) is 2.87. The Bertz CT molecular complexity index is 1240. The van der Waals surface area contributed by atoms with Crippen molar-refractivity contribution in [3.63, 3.8) is 0 Å². The fraction of sp³-hybridized carbons (Fsp3) is 0.182. The Morgan fingerprint density at radius 1 is 0.939 bits per heavy atom. The van der Waals surface area contributed by atoms with Crippen LogP contribution < -0.4 is 15.8 Å². The summed E-state index contributed by atoms with van der Waals surface area (Å²) >= 11 is 5.50. The number of rotatable bonds is 6. The average Bonchev–Trinajstić information content (AvgIpc) is 3.33. The number of ether oxygens (including phenoxy) is 1. The fourth-order valence-electron chi connectivity index (χ4n) is 3.28. The van der Waals surface area contributed by atoms with E-state index in [-0.39, 0.29) is 23.9 Å². The van der Waals surface area contributed by atoms with Crippen molar-refractivity contribution >= 4 is 38.9 Å². The second-order valence-electron chi connectivity index (χ2n) is 7.24. The van der Waals surface area contributed by atoms with Crippen molar-refractivity contribution in [3.8, 4) is 11.5 Å². The number of thiocarbonyl (C=S) groups is 1. The molecule has 33 heavy (non-hydrogen) atoms. The maximum absolute atomic E-state index is 12.8. The standard InChI is InChI=1S/C22H22N4O5S2/c23-21(27)19-10-11-20(31-19)33(28,29)26-14-12-25(13-15-26)22(32)24-16-6-8-18(9-7-16)30-17-4-2-1-3-5-17/h1-11H,12-15H2,(H2,23,27)(H,24,32). The molecule has 0 saturated carbocycles. The molecule has 2 heterocycles. The van der Waals surface area contributed by atoms with Crippen molar-refractivity contribution in [2.45, 2.75) is 5.09 Å². The second-order valence-corrected chi connectivity index (χ2v) is 9.50. The summed E-state index contributed by atoms with van der Waals surface area (Å²) in [5.41, 5.74) is 5.93. The van der Waals surface area contributed by atoms with Gasteiger partial charge in [0.2, 0.25) is 5.09 Å². The van der Waals surface area contributed by atoms with Gasteiger partial charge in [-0.1, -0.05) is 18.2 Å². The number of amides is 1. The van der Waals surface area contributed by atoms with Crippen molar-refractivity contribution in [1.82, 2.24) is 9.21 Å². The van der Waals surface area contributed by atoms with E-state index in [4.69, 9.17) is 27.1 Å². The molecular weight excluding hydrogens is 464 g/mol. The van der Waals surface area contributed by atoms with Gasteiger partial charge in [0.15, 0.2) is 10.9 Å². The van der Waals surface area contributed by atoms with E-state index in [1.54, 1.807) is 0 Å². The first kappa shape index (κ1) is 22.8. The van der Waals surface area contributed by atoms with Crippen LogP contribution in [0.2, 0.25) is 0 Å². The third-order valence-corrected chi connectivity index (χ3v) is 7.16. The van der Waals surface area contributed by atoms with E-state index in [1.165, 1.54) is 16.4 Å². The van der Waals surface area contributed by atoms with Crippen LogP contribution in [-0.2, 0) is 10.0 Å². The van der Waals surface area contributed by atoms with Crippen LogP contribution in [0.1, 0.15) is 10.6 Å². The fourth-order valence-corrected chi connectivity index (χ4v) is 4.92. The first-order chi connectivity index (χ1) is 15.8. The lowest BCUT2D eigenvalue weighted by Gasteiger charge is -2.35. The van der Waals surface area contributed by atoms with Gasteiger partial charge in [0.05, 0.1) is 0 Å². The monoisotopic (exact) mass is 486 g/mol. The molecule has 0 atom stereocenters. The van der Waals surface area contributed by atoms with Gasteiger partial charge in [0.25, 0.3) is 15.9 Å². The zero-order chi connectivity index (χ0) is 23.4. The minimum absolute atomic E-state index is 0.197. The zero-order valence-corrected chi connectivity index (χ0v) is 19.1. The predicted molar refractivity (Wildman–Crippen MR) is 127 cm³/mol. The average molecular weight is 487 g/mol. The summed E-state index contributed by atoms with van der Waals surface area (Å²) in [5.74, 6) is 0.436. The number of carbonyl (C=O) groups is 1. The molecule has 11 heteroatoms. The van der Waals surface area contributed by atoms with E-state index in [0.29, 0.717) is 24.0 Å². The van der Waals surface area contributed by atoms with Gasteiger partial charge in [-0.25, -0.2) is 8.42 Å². The molecular formula is C22H22N4O5S2. The molecule has 0 bridgehead atoms. The smallest absolute Gasteiger partial charge is 0.284 e. The lowest BCUT2D eigenvalue weighted by atomic mass is 10.3. The summed E-state index contributed by atoms with van der Waals surface area (Å²) in [5, 5.41) is 3.36. The first-order valence-corrected chi connectivity index (χ1v) is 12.0. The van der Waals surface area contributed by atoms with Gasteiger partial charge in [-0.3, -0.25) is 4.79 Å². The molecule has 1 saturated heterocycles. The molecule has 1 aromatic heterocycles. The summed E-state index contributed by atoms with van der Waals surface area (Å²) < 4.78 is 37.7. The van der Waals surface area contributed by atoms with Gasteiger partial charge in [-0.05, 0) is 60.7 Å². The highest BCUT2D eigenvalue weighted by atomic mass is 32.2. The lowest BCUT2D eigenvalue weighted by Crippen LogP contribution is -2.51. The number of para-hydroxylation sites is 1. The molecule has 1 amide bonds. The number of nitrogens with two attached hydrogens (primary N) is 1. The number of benzene rings is 2. The highest BCUT2D eigenvalue weighted by molar-refractivity contribution is 7.89. The third kappa shape index (κ3) is 5.33. The number of hydrogen-bond acceptors (Lipinski definition) is 6. The van der Waals surface area contributed by atoms with E-state index in [1.807, 2.05) is 59.5 Å². The molecule has 1 aliphatic heterocycles. The molecule has 3 aromatic rings. The molecule has 3 N–H and O–H groups in total. The van der Waals surface area contributed by atoms with E-state index < -0.39 is 15.9 Å². The quantitative estimate of drug-likeness (QED) is 0.511. The maximum atomic E-state index is 12.8. The van der Waals surface area contributed by atoms with Gasteiger partial charge >= 0.3 is 0 Å². The Labute approximate surface area is 196 Å². The number of carbonyl (C=O) groups excluding carboxylic acids is 1. The SMILES string of the molecule is NC(=O)c1ccc(S(=O)(=O)N2CCN(C(=S)Nc3ccc(Oc4ccccc4)cc3)CC2)o1. The number of anilines is 1. The number of furan rings is 1.